The number of nitrogens with zero attached hydrogens (tertiary/aromatic N) is 2. The number of halogens is 1. The molecule has 3 rings (SSSR count). The van der Waals surface area contributed by atoms with Crippen LogP contribution in [0, 0.1) is 38.5 Å². The number of nitrogens with one attached hydrogen (secondary N) is 1. The Hall–Kier alpha value is -1.49. The monoisotopic (exact) mass is 328 g/mol. The molecule has 0 bridgehead atoms. The van der Waals surface area contributed by atoms with E-state index in [1.54, 1.807) is 17.7 Å². The fraction of sp³-hybridized carbons (Fsp3) is 0.421. The van der Waals surface area contributed by atoms with Gasteiger partial charge in [0, 0.05) is 45.2 Å². The number of aromatic nitrogens is 1. The lowest BCUT2D eigenvalue weighted by Gasteiger charge is -2.37. The van der Waals surface area contributed by atoms with Crippen LogP contribution in [0.25, 0.3) is 0 Å². The zero-order chi connectivity index (χ0) is 17.0. The van der Waals surface area contributed by atoms with E-state index in [0.29, 0.717) is 44.9 Å². The van der Waals surface area contributed by atoms with Gasteiger partial charge in [0.2, 0.25) is 5.91 Å². The number of amides is 1. The average Bonchev–Trinajstić information content (AvgIpc) is 3.11. The number of pyridine rings is 1. The van der Waals surface area contributed by atoms with Gasteiger partial charge in [0.15, 0.2) is 0 Å². The first-order chi connectivity index (χ1) is 11.6. The number of carbonyl (C=O) groups is 1. The van der Waals surface area contributed by atoms with Crippen molar-refractivity contribution in [1.82, 2.24) is 15.2 Å². The second kappa shape index (κ2) is 7.60. The Morgan fingerprint density at radius 3 is 2.62 bits per heavy atom. The Bertz CT molecular complexity index is 546. The number of hydrogen-bond acceptors (Lipinski definition) is 3. The molecule has 0 spiro atoms. The summed E-state index contributed by atoms with van der Waals surface area (Å²) in [5.74, 6) is 0.684. The van der Waals surface area contributed by atoms with Crippen molar-refractivity contribution in [3.8, 4) is 0 Å². The quantitative estimate of drug-likeness (QED) is 0.901. The van der Waals surface area contributed by atoms with Gasteiger partial charge in [-0.15, -0.1) is 0 Å². The van der Waals surface area contributed by atoms with Crippen LogP contribution in [0.1, 0.15) is 24.1 Å². The summed E-state index contributed by atoms with van der Waals surface area (Å²) < 4.78 is 14.9. The number of carbonyl (C=O) groups excluding carboxylic acids is 1. The minimum Gasteiger partial charge on any atom is -0.342 e. The molecule has 1 aliphatic heterocycles. The molecule has 1 saturated carbocycles. The minimum absolute atomic E-state index is 0.00105. The van der Waals surface area contributed by atoms with E-state index in [1.165, 1.54) is 0 Å². The van der Waals surface area contributed by atoms with Crippen LogP contribution in [0.3, 0.4) is 0 Å². The normalized spacial score (nSPS) is 21.2. The van der Waals surface area contributed by atoms with Crippen LogP contribution in [0.5, 0.6) is 0 Å². The standard InChI is InChI=1S/C19H23FN3O/c1-15-6-7-17(22-12-15)13-21-14-19(20)8-10-23(11-9-19)18(24)16-4-2-3-5-16/h2-7,12,21H,8-11,13-14H2,1H3. The van der Waals surface area contributed by atoms with Crippen LogP contribution >= 0.6 is 0 Å². The highest BCUT2D eigenvalue weighted by Gasteiger charge is 2.38. The lowest BCUT2D eigenvalue weighted by atomic mass is 9.92. The second-order valence-electron chi connectivity index (χ2n) is 6.55. The first-order valence-electron chi connectivity index (χ1n) is 8.38. The molecule has 0 atom stereocenters. The maximum absolute atomic E-state index is 14.9. The van der Waals surface area contributed by atoms with Crippen molar-refractivity contribution in [3.63, 3.8) is 0 Å². The Morgan fingerprint density at radius 2 is 2.00 bits per heavy atom. The number of rotatable bonds is 5. The molecule has 5 heteroatoms. The highest BCUT2D eigenvalue weighted by molar-refractivity contribution is 5.95. The van der Waals surface area contributed by atoms with Gasteiger partial charge in [0.25, 0.3) is 0 Å². The molecule has 1 aliphatic carbocycles. The molecule has 1 aromatic heterocycles. The van der Waals surface area contributed by atoms with Gasteiger partial charge < -0.3 is 10.2 Å². The molecule has 2 fully saturated rings. The van der Waals surface area contributed by atoms with Crippen molar-refractivity contribution in [2.45, 2.75) is 32.0 Å². The van der Waals surface area contributed by atoms with Crippen molar-refractivity contribution in [2.75, 3.05) is 19.6 Å². The van der Waals surface area contributed by atoms with Crippen molar-refractivity contribution < 1.29 is 9.18 Å². The third-order valence-corrected chi connectivity index (χ3v) is 4.58. The topological polar surface area (TPSA) is 45.2 Å². The highest BCUT2D eigenvalue weighted by atomic mass is 19.1. The van der Waals surface area contributed by atoms with Crippen LogP contribution in [-0.2, 0) is 11.3 Å². The second-order valence-corrected chi connectivity index (χ2v) is 6.55. The van der Waals surface area contributed by atoms with Gasteiger partial charge in [-0.2, -0.15) is 0 Å². The van der Waals surface area contributed by atoms with Crippen molar-refractivity contribution in [1.29, 1.82) is 0 Å². The Kier molecular flexibility index (Phi) is 5.49. The summed E-state index contributed by atoms with van der Waals surface area (Å²) >= 11 is 0. The largest absolute Gasteiger partial charge is 0.342 e. The third-order valence-electron chi connectivity index (χ3n) is 4.58. The van der Waals surface area contributed by atoms with Crippen molar-refractivity contribution in [2.24, 2.45) is 0 Å². The van der Waals surface area contributed by atoms with E-state index in [4.69, 9.17) is 0 Å². The van der Waals surface area contributed by atoms with Gasteiger partial charge in [0.1, 0.15) is 5.67 Å². The van der Waals surface area contributed by atoms with Crippen LogP contribution < -0.4 is 5.32 Å². The Balaban J connectivity index is 1.42. The van der Waals surface area contributed by atoms with E-state index >= 15 is 0 Å². The van der Waals surface area contributed by atoms with E-state index in [-0.39, 0.29) is 5.91 Å². The van der Waals surface area contributed by atoms with Crippen LogP contribution in [0.2, 0.25) is 0 Å². The van der Waals surface area contributed by atoms with Gasteiger partial charge in [-0.3, -0.25) is 9.78 Å². The van der Waals surface area contributed by atoms with Gasteiger partial charge >= 0.3 is 0 Å². The summed E-state index contributed by atoms with van der Waals surface area (Å²) in [5.41, 5.74) is 0.767. The molecule has 0 aromatic carbocycles. The zero-order valence-corrected chi connectivity index (χ0v) is 14.0. The molecule has 24 heavy (non-hydrogen) atoms. The molecule has 2 aliphatic rings. The molecule has 1 aromatic rings. The van der Waals surface area contributed by atoms with Gasteiger partial charge in [-0.05, 0) is 44.2 Å². The molecule has 5 radical (unpaired) electrons. The van der Waals surface area contributed by atoms with Crippen LogP contribution in [0.4, 0.5) is 4.39 Å². The lowest BCUT2D eigenvalue weighted by Crippen LogP contribution is -2.49. The molecular formula is C19H23FN3O. The molecule has 127 valence electrons. The predicted molar refractivity (Wildman–Crippen MR) is 90.8 cm³/mol. The average molecular weight is 328 g/mol. The fourth-order valence-electron chi connectivity index (χ4n) is 3.00. The van der Waals surface area contributed by atoms with Gasteiger partial charge in [-0.1, -0.05) is 6.07 Å². The Morgan fingerprint density at radius 1 is 1.29 bits per heavy atom. The summed E-state index contributed by atoms with van der Waals surface area (Å²) in [6.45, 7) is 3.77. The molecular weight excluding hydrogens is 305 g/mol. The smallest absolute Gasteiger partial charge is 0.230 e. The number of likely N-dealkylation sites (tertiary alicyclic amines) is 1. The molecule has 2 heterocycles. The van der Waals surface area contributed by atoms with Crippen LogP contribution in [0.15, 0.2) is 18.3 Å². The molecule has 0 unspecified atom stereocenters. The zero-order valence-electron chi connectivity index (χ0n) is 14.0. The summed E-state index contributed by atoms with van der Waals surface area (Å²) in [6, 6.07) is 3.96. The molecule has 1 amide bonds. The maximum atomic E-state index is 14.9. The SMILES string of the molecule is Cc1ccc(CNCC2(F)CCN(C(=O)[C]3[CH][CH][CH][CH]3)CC2)nc1. The molecule has 1 N–H and O–H groups in total. The summed E-state index contributed by atoms with van der Waals surface area (Å²) in [6.07, 6.45) is 9.85. The van der Waals surface area contributed by atoms with E-state index in [0.717, 1.165) is 11.3 Å². The number of alkyl halides is 1. The van der Waals surface area contributed by atoms with Crippen molar-refractivity contribution >= 4 is 5.91 Å². The minimum atomic E-state index is -1.26. The number of aryl methyl sites for hydroxylation is 1. The highest BCUT2D eigenvalue weighted by Crippen LogP contribution is 2.30. The Labute approximate surface area is 143 Å². The van der Waals surface area contributed by atoms with E-state index in [9.17, 15) is 9.18 Å². The maximum Gasteiger partial charge on any atom is 0.230 e. The van der Waals surface area contributed by atoms with E-state index in [1.807, 2.05) is 38.1 Å². The predicted octanol–water partition coefficient (Wildman–Crippen LogP) is 2.22. The molecule has 1 saturated heterocycles. The van der Waals surface area contributed by atoms with Crippen LogP contribution in [-0.4, -0.2) is 41.1 Å². The first kappa shape index (κ1) is 17.3. The van der Waals surface area contributed by atoms with Gasteiger partial charge in [-0.25, -0.2) is 4.39 Å². The lowest BCUT2D eigenvalue weighted by molar-refractivity contribution is -0.131. The van der Waals surface area contributed by atoms with Gasteiger partial charge in [0.05, 0.1) is 11.6 Å². The van der Waals surface area contributed by atoms with E-state index < -0.39 is 5.67 Å². The van der Waals surface area contributed by atoms with Crippen molar-refractivity contribution in [3.05, 3.63) is 61.2 Å². The summed E-state index contributed by atoms with van der Waals surface area (Å²) in [7, 11) is 0. The number of hydrogen-bond donors (Lipinski definition) is 1. The summed E-state index contributed by atoms with van der Waals surface area (Å²) in [5, 5.41) is 3.16. The number of piperidine rings is 1. The first-order valence-corrected chi connectivity index (χ1v) is 8.38. The fourth-order valence-corrected chi connectivity index (χ4v) is 3.00. The molecule has 4 nitrogen and oxygen atoms in total. The van der Waals surface area contributed by atoms with E-state index in [2.05, 4.69) is 10.3 Å². The summed E-state index contributed by atoms with van der Waals surface area (Å²) in [4.78, 5) is 18.3. The third kappa shape index (κ3) is 4.32.